The van der Waals surface area contributed by atoms with Gasteiger partial charge in [-0.2, -0.15) is 5.26 Å². The van der Waals surface area contributed by atoms with Crippen molar-refractivity contribution in [1.82, 2.24) is 14.6 Å². The van der Waals surface area contributed by atoms with Crippen molar-refractivity contribution in [2.24, 2.45) is 0 Å². The standard InChI is InChI=1S/C20H14FN5/c1-12-10-17(13-2-6-15(21)7-3-13)18(11-22)20-24-19(25-26(12)20)14-4-8-16(23)9-5-14/h2-10H,23H2,1H3. The Labute approximate surface area is 149 Å². The first-order valence-corrected chi connectivity index (χ1v) is 7.99. The number of aromatic nitrogens is 3. The van der Waals surface area contributed by atoms with E-state index < -0.39 is 0 Å². The number of benzene rings is 2. The molecule has 0 aliphatic rings. The van der Waals surface area contributed by atoms with Crippen LogP contribution in [-0.4, -0.2) is 14.6 Å². The average Bonchev–Trinajstić information content (AvgIpc) is 3.09. The van der Waals surface area contributed by atoms with Gasteiger partial charge < -0.3 is 5.73 Å². The van der Waals surface area contributed by atoms with Crippen LogP contribution in [-0.2, 0) is 0 Å². The third-order valence-electron chi connectivity index (χ3n) is 4.22. The third-order valence-corrected chi connectivity index (χ3v) is 4.22. The molecule has 0 radical (unpaired) electrons. The van der Waals surface area contributed by atoms with Crippen molar-refractivity contribution in [3.63, 3.8) is 0 Å². The number of fused-ring (bicyclic) bond motifs is 1. The van der Waals surface area contributed by atoms with E-state index in [2.05, 4.69) is 16.2 Å². The first-order chi connectivity index (χ1) is 12.6. The zero-order valence-corrected chi connectivity index (χ0v) is 13.9. The van der Waals surface area contributed by atoms with Crippen molar-refractivity contribution in [3.8, 4) is 28.6 Å². The minimum absolute atomic E-state index is 0.321. The fraction of sp³-hybridized carbons (Fsp3) is 0.0500. The van der Waals surface area contributed by atoms with Gasteiger partial charge in [0.1, 0.15) is 17.4 Å². The largest absolute Gasteiger partial charge is 0.399 e. The van der Waals surface area contributed by atoms with Gasteiger partial charge >= 0.3 is 0 Å². The van der Waals surface area contributed by atoms with Crippen LogP contribution in [0.5, 0.6) is 0 Å². The first kappa shape index (κ1) is 15.8. The second-order valence-electron chi connectivity index (χ2n) is 5.99. The van der Waals surface area contributed by atoms with E-state index in [0.29, 0.717) is 28.3 Å². The summed E-state index contributed by atoms with van der Waals surface area (Å²) in [6.07, 6.45) is 0. The summed E-state index contributed by atoms with van der Waals surface area (Å²) in [5.74, 6) is 0.194. The summed E-state index contributed by atoms with van der Waals surface area (Å²) in [6, 6.07) is 17.4. The highest BCUT2D eigenvalue weighted by molar-refractivity contribution is 5.79. The van der Waals surface area contributed by atoms with Gasteiger partial charge in [-0.3, -0.25) is 0 Å². The zero-order valence-electron chi connectivity index (χ0n) is 13.9. The molecule has 4 aromatic rings. The molecular formula is C20H14FN5. The van der Waals surface area contributed by atoms with Crippen LogP contribution < -0.4 is 5.73 Å². The fourth-order valence-corrected chi connectivity index (χ4v) is 2.90. The number of hydrogen-bond acceptors (Lipinski definition) is 4. The summed E-state index contributed by atoms with van der Waals surface area (Å²) in [6.45, 7) is 1.89. The second-order valence-corrected chi connectivity index (χ2v) is 5.99. The van der Waals surface area contributed by atoms with Gasteiger partial charge in [0.25, 0.3) is 0 Å². The van der Waals surface area contributed by atoms with Crippen molar-refractivity contribution in [2.45, 2.75) is 6.92 Å². The fourth-order valence-electron chi connectivity index (χ4n) is 2.90. The molecule has 2 aromatic heterocycles. The molecule has 0 aliphatic heterocycles. The van der Waals surface area contributed by atoms with Gasteiger partial charge in [-0.15, -0.1) is 5.10 Å². The van der Waals surface area contributed by atoms with Crippen LogP contribution in [0.15, 0.2) is 54.6 Å². The Morgan fingerprint density at radius 3 is 2.35 bits per heavy atom. The number of rotatable bonds is 2. The smallest absolute Gasteiger partial charge is 0.182 e. The molecule has 0 aliphatic carbocycles. The lowest BCUT2D eigenvalue weighted by molar-refractivity contribution is 0.628. The van der Waals surface area contributed by atoms with Crippen molar-refractivity contribution < 1.29 is 4.39 Å². The van der Waals surface area contributed by atoms with Gasteiger partial charge in [0, 0.05) is 22.5 Å². The van der Waals surface area contributed by atoms with E-state index in [4.69, 9.17) is 5.73 Å². The van der Waals surface area contributed by atoms with E-state index in [-0.39, 0.29) is 5.82 Å². The summed E-state index contributed by atoms with van der Waals surface area (Å²) in [5.41, 5.74) is 10.4. The molecule has 2 heterocycles. The Hall–Kier alpha value is -3.72. The van der Waals surface area contributed by atoms with Crippen LogP contribution in [0.4, 0.5) is 10.1 Å². The Bertz CT molecular complexity index is 1150. The number of halogens is 1. The molecule has 0 saturated heterocycles. The Balaban J connectivity index is 1.95. The van der Waals surface area contributed by atoms with Crippen molar-refractivity contribution in [1.29, 1.82) is 5.26 Å². The second kappa shape index (κ2) is 5.97. The van der Waals surface area contributed by atoms with Gasteiger partial charge in [0.2, 0.25) is 0 Å². The van der Waals surface area contributed by atoms with E-state index in [1.807, 2.05) is 25.1 Å². The maximum absolute atomic E-state index is 13.2. The maximum atomic E-state index is 13.2. The lowest BCUT2D eigenvalue weighted by Gasteiger charge is -2.08. The molecular weight excluding hydrogens is 329 g/mol. The summed E-state index contributed by atoms with van der Waals surface area (Å²) < 4.78 is 14.9. The number of anilines is 1. The summed E-state index contributed by atoms with van der Waals surface area (Å²) in [4.78, 5) is 4.56. The number of nitrogen functional groups attached to an aromatic ring is 1. The Morgan fingerprint density at radius 1 is 1.04 bits per heavy atom. The molecule has 126 valence electrons. The number of hydrogen-bond donors (Lipinski definition) is 1. The van der Waals surface area contributed by atoms with Gasteiger partial charge in [0.15, 0.2) is 11.5 Å². The number of nitrogens with zero attached hydrogens (tertiary/aromatic N) is 4. The molecule has 5 nitrogen and oxygen atoms in total. The monoisotopic (exact) mass is 343 g/mol. The van der Waals surface area contributed by atoms with Crippen LogP contribution in [0.3, 0.4) is 0 Å². The molecule has 4 rings (SSSR count). The summed E-state index contributed by atoms with van der Waals surface area (Å²) >= 11 is 0. The molecule has 0 unspecified atom stereocenters. The maximum Gasteiger partial charge on any atom is 0.182 e. The highest BCUT2D eigenvalue weighted by Crippen LogP contribution is 2.29. The molecule has 0 atom stereocenters. The quantitative estimate of drug-likeness (QED) is 0.559. The van der Waals surface area contributed by atoms with Crippen LogP contribution >= 0.6 is 0 Å². The van der Waals surface area contributed by atoms with Crippen molar-refractivity contribution >= 4 is 11.3 Å². The van der Waals surface area contributed by atoms with Gasteiger partial charge in [0.05, 0.1) is 0 Å². The molecule has 0 bridgehead atoms. The number of aryl methyl sites for hydroxylation is 1. The molecule has 2 N–H and O–H groups in total. The zero-order chi connectivity index (χ0) is 18.3. The normalized spacial score (nSPS) is 10.8. The SMILES string of the molecule is Cc1cc(-c2ccc(F)cc2)c(C#N)c2nc(-c3ccc(N)cc3)nn12. The van der Waals surface area contributed by atoms with E-state index in [0.717, 1.165) is 16.8 Å². The molecule has 0 amide bonds. The van der Waals surface area contributed by atoms with Crippen molar-refractivity contribution in [3.05, 3.63) is 71.7 Å². The minimum atomic E-state index is -0.321. The molecule has 2 aromatic carbocycles. The van der Waals surface area contributed by atoms with Crippen LogP contribution in [0.1, 0.15) is 11.3 Å². The number of nitriles is 1. The predicted octanol–water partition coefficient (Wildman–Crippen LogP) is 3.96. The predicted molar refractivity (Wildman–Crippen MR) is 97.7 cm³/mol. The molecule has 6 heteroatoms. The molecule has 0 fully saturated rings. The molecule has 0 spiro atoms. The van der Waals surface area contributed by atoms with E-state index in [1.165, 1.54) is 12.1 Å². The van der Waals surface area contributed by atoms with Crippen LogP contribution in [0.25, 0.3) is 28.2 Å². The van der Waals surface area contributed by atoms with Gasteiger partial charge in [-0.05, 0) is 55.0 Å². The van der Waals surface area contributed by atoms with E-state index >= 15 is 0 Å². The average molecular weight is 343 g/mol. The Morgan fingerprint density at radius 2 is 1.69 bits per heavy atom. The highest BCUT2D eigenvalue weighted by Gasteiger charge is 2.17. The van der Waals surface area contributed by atoms with Crippen LogP contribution in [0.2, 0.25) is 0 Å². The van der Waals surface area contributed by atoms with E-state index in [1.54, 1.807) is 28.8 Å². The highest BCUT2D eigenvalue weighted by atomic mass is 19.1. The third kappa shape index (κ3) is 2.56. The number of nitrogens with two attached hydrogens (primary N) is 1. The van der Waals surface area contributed by atoms with Crippen LogP contribution in [0, 0.1) is 24.1 Å². The first-order valence-electron chi connectivity index (χ1n) is 7.99. The lowest BCUT2D eigenvalue weighted by Crippen LogP contribution is -1.99. The van der Waals surface area contributed by atoms with Crippen molar-refractivity contribution in [2.75, 3.05) is 5.73 Å². The Kier molecular flexibility index (Phi) is 3.63. The topological polar surface area (TPSA) is 80.0 Å². The van der Waals surface area contributed by atoms with E-state index in [9.17, 15) is 9.65 Å². The number of pyridine rings is 1. The molecule has 26 heavy (non-hydrogen) atoms. The molecule has 0 saturated carbocycles. The summed E-state index contributed by atoms with van der Waals surface area (Å²) in [7, 11) is 0. The minimum Gasteiger partial charge on any atom is -0.399 e. The lowest BCUT2D eigenvalue weighted by atomic mass is 10.0. The summed E-state index contributed by atoms with van der Waals surface area (Å²) in [5, 5.41) is 14.2. The van der Waals surface area contributed by atoms with Gasteiger partial charge in [-0.1, -0.05) is 12.1 Å². The van der Waals surface area contributed by atoms with Gasteiger partial charge in [-0.25, -0.2) is 13.9 Å².